The maximum atomic E-state index is 13.5. The molecule has 4 aromatic rings. The number of nitrogens with two attached hydrogens (primary N) is 1. The topological polar surface area (TPSA) is 257 Å². The number of pyridine rings is 2. The number of halogens is 3. The number of rotatable bonds is 12. The van der Waals surface area contributed by atoms with Gasteiger partial charge in [0.25, 0.3) is 18.4 Å². The lowest BCUT2D eigenvalue weighted by molar-refractivity contribution is -0.766. The van der Waals surface area contributed by atoms with E-state index in [-0.39, 0.29) is 43.2 Å². The van der Waals surface area contributed by atoms with Gasteiger partial charge in [-0.3, -0.25) is 36.7 Å². The Labute approximate surface area is 375 Å². The number of hydrogen-bond acceptors (Lipinski definition) is 16. The number of aliphatic hydroxyl groups excluding tert-OH is 4. The van der Waals surface area contributed by atoms with Gasteiger partial charge in [0.2, 0.25) is 0 Å². The second-order valence-corrected chi connectivity index (χ2v) is 18.9. The Kier molecular flexibility index (Phi) is 15.7. The van der Waals surface area contributed by atoms with E-state index < -0.39 is 101 Å². The van der Waals surface area contributed by atoms with E-state index in [4.69, 9.17) is 54.0 Å². The maximum absolute atomic E-state index is 13.5. The predicted octanol–water partition coefficient (Wildman–Crippen LogP) is 4.03. The highest BCUT2D eigenvalue weighted by Gasteiger charge is 2.51. The molecule has 1 amide bonds. The molecule has 0 aliphatic carbocycles. The van der Waals surface area contributed by atoms with Crippen molar-refractivity contribution in [1.29, 1.82) is 0 Å². The summed E-state index contributed by atoms with van der Waals surface area (Å²) in [4.78, 5) is 23.0. The van der Waals surface area contributed by atoms with Crippen LogP contribution in [-0.2, 0) is 45.7 Å². The number of aliphatic hydroxyl groups is 4. The Morgan fingerprint density at radius 2 is 1.22 bits per heavy atom. The fourth-order valence-electron chi connectivity index (χ4n) is 7.29. The first-order chi connectivity index (χ1) is 30.9. The molecule has 24 heteroatoms. The van der Waals surface area contributed by atoms with Gasteiger partial charge in [-0.2, -0.15) is 9.13 Å². The molecule has 12 atom stereocenters. The van der Waals surface area contributed by atoms with Crippen molar-refractivity contribution < 1.29 is 93.7 Å². The molecular weight excluding hydrogens is 926 g/mol. The Morgan fingerprint density at radius 1 is 0.723 bits per heavy atom. The van der Waals surface area contributed by atoms with Crippen molar-refractivity contribution in [3.8, 4) is 0 Å². The summed E-state index contributed by atoms with van der Waals surface area (Å²) < 4.78 is 99.2. The van der Waals surface area contributed by atoms with E-state index in [0.717, 1.165) is 17.7 Å². The molecule has 4 aliphatic rings. The van der Waals surface area contributed by atoms with Crippen molar-refractivity contribution in [2.45, 2.75) is 81.1 Å². The molecule has 2 aromatic heterocycles. The quantitative estimate of drug-likeness (QED) is 0.0763. The minimum atomic E-state index is -4.15. The number of aromatic nitrogens is 2. The lowest BCUT2D eigenvalue weighted by Gasteiger charge is -2.29. The van der Waals surface area contributed by atoms with E-state index in [0.29, 0.717) is 23.1 Å². The van der Waals surface area contributed by atoms with Crippen molar-refractivity contribution in [3.05, 3.63) is 130 Å². The monoisotopic (exact) mass is 971 g/mol. The van der Waals surface area contributed by atoms with Gasteiger partial charge < -0.3 is 35.6 Å². The van der Waals surface area contributed by atoms with E-state index in [1.807, 2.05) is 0 Å². The van der Waals surface area contributed by atoms with E-state index >= 15 is 0 Å². The van der Waals surface area contributed by atoms with Gasteiger partial charge in [-0.15, -0.1) is 0 Å². The number of primary amides is 1. The third kappa shape index (κ3) is 11.9. The Bertz CT molecular complexity index is 2440. The summed E-state index contributed by atoms with van der Waals surface area (Å²) in [7, 11) is -8.09. The number of Topliss-reactive ketones (excluding diaryl/α,β-unsaturated/α-hetero) is 1. The average molecular weight is 972 g/mol. The van der Waals surface area contributed by atoms with Gasteiger partial charge in [0.05, 0.1) is 44.2 Å². The molecule has 6 N–H and O–H groups in total. The molecule has 8 rings (SSSR count). The van der Waals surface area contributed by atoms with E-state index in [1.54, 1.807) is 54.9 Å². The summed E-state index contributed by atoms with van der Waals surface area (Å²) in [6.07, 6.45) is -4.38. The van der Waals surface area contributed by atoms with Crippen LogP contribution in [0.2, 0.25) is 5.02 Å². The van der Waals surface area contributed by atoms with E-state index in [1.165, 1.54) is 34.5 Å². The zero-order valence-corrected chi connectivity index (χ0v) is 36.9. The number of benzene rings is 2. The molecule has 65 heavy (non-hydrogen) atoms. The van der Waals surface area contributed by atoms with Crippen LogP contribution in [0.25, 0.3) is 0 Å². The van der Waals surface area contributed by atoms with Crippen LogP contribution in [0.3, 0.4) is 0 Å². The van der Waals surface area contributed by atoms with Crippen LogP contribution in [0, 0.1) is 11.6 Å². The number of carbonyl (C=O) groups excluding carboxylic acids is 2. The van der Waals surface area contributed by atoms with Crippen LogP contribution >= 0.6 is 27.2 Å². The molecule has 2 aromatic carbocycles. The molecule has 4 fully saturated rings. The average Bonchev–Trinajstić information content (AvgIpc) is 3.73. The van der Waals surface area contributed by atoms with Crippen LogP contribution in [0.5, 0.6) is 0 Å². The molecule has 350 valence electrons. The number of nitrogens with zero attached hydrogens (tertiary/aromatic N) is 2. The number of hydrogen-bond donors (Lipinski definition) is 5. The fourth-order valence-corrected chi connectivity index (χ4v) is 10.3. The highest BCUT2D eigenvalue weighted by atomic mass is 35.5. The SMILES string of the molecule is CC(=O)c1ccc[n+]([C@@H]2O[C@H](COP3(=O)OCC[C@@H](c4cc(F)cc(F)c4)O3)C(O)[C@@H]2O)c1.NC(=O)c1ccc[n+]([C@@H]2O[C@H](COP3(=O)OCC[C@@H](c4cccc(Cl)c4)O3)C(O)[C@@H]2O)c1. The van der Waals surface area contributed by atoms with Gasteiger partial charge in [0.15, 0.2) is 42.8 Å². The summed E-state index contributed by atoms with van der Waals surface area (Å²) >= 11 is 6.02. The number of amides is 1. The van der Waals surface area contributed by atoms with Gasteiger partial charge in [0, 0.05) is 36.1 Å². The number of phosphoric ester groups is 2. The fraction of sp³-hybridized carbons (Fsp3) is 0.415. The zero-order chi connectivity index (χ0) is 46.6. The van der Waals surface area contributed by atoms with Crippen molar-refractivity contribution in [2.24, 2.45) is 5.73 Å². The largest absolute Gasteiger partial charge is 0.475 e. The Morgan fingerprint density at radius 3 is 1.71 bits per heavy atom. The number of carbonyl (C=O) groups is 2. The number of ether oxygens (including phenoxy) is 2. The zero-order valence-electron chi connectivity index (χ0n) is 34.4. The molecule has 0 bridgehead atoms. The summed E-state index contributed by atoms with van der Waals surface area (Å²) in [5.74, 6) is -2.43. The molecular formula is C41H46ClF2N3O16P2+2. The highest BCUT2D eigenvalue weighted by Crippen LogP contribution is 2.58. The second-order valence-electron chi connectivity index (χ2n) is 15.3. The van der Waals surface area contributed by atoms with Gasteiger partial charge in [-0.1, -0.05) is 23.7 Å². The lowest BCUT2D eigenvalue weighted by atomic mass is 10.1. The van der Waals surface area contributed by atoms with E-state index in [2.05, 4.69) is 0 Å². The molecule has 19 nitrogen and oxygen atoms in total. The van der Waals surface area contributed by atoms with Gasteiger partial charge in [-0.25, -0.2) is 17.9 Å². The van der Waals surface area contributed by atoms with Crippen molar-refractivity contribution >= 4 is 38.9 Å². The van der Waals surface area contributed by atoms with Crippen LogP contribution in [-0.4, -0.2) is 95.2 Å². The van der Waals surface area contributed by atoms with Crippen molar-refractivity contribution in [3.63, 3.8) is 0 Å². The first-order valence-electron chi connectivity index (χ1n) is 20.1. The molecule has 4 unspecified atom stereocenters. The van der Waals surface area contributed by atoms with Crippen molar-refractivity contribution in [1.82, 2.24) is 0 Å². The standard InChI is InChI=1S/C21H23F2NO8P.C20H22ClN2O8P/c1-12(25)13-3-2-5-24(10-13)21-20(27)19(26)18(31-21)11-30-33(28)29-6-4-17(32-33)14-7-15(22)9-16(23)8-14;21-14-5-1-3-12(9-14)15-6-8-28-32(27,31-15)29-11-16-17(24)18(25)20(30-16)23-7-2-4-13(10-23)19(22)26/h2-3,5,7-10,17-21,26-27H,4,6,11H2,1H3;1-5,7,9-10,15-18,20,24-25H,6,8,11H2,(H-,22,26)/q+1;/p+1/t17-,18+,19?,20-,21+,33?;15-,16+,17?,18-,20+,32?/m00/s1. The molecule has 0 saturated carbocycles. The second kappa shape index (κ2) is 20.9. The minimum Gasteiger partial charge on any atom is -0.387 e. The van der Waals surface area contributed by atoms with Crippen LogP contribution in [0.15, 0.2) is 91.5 Å². The van der Waals surface area contributed by atoms with Gasteiger partial charge >= 0.3 is 15.6 Å². The minimum absolute atomic E-state index is 0.0485. The van der Waals surface area contributed by atoms with Gasteiger partial charge in [0.1, 0.15) is 41.6 Å². The van der Waals surface area contributed by atoms with Crippen LogP contribution in [0.4, 0.5) is 8.78 Å². The number of phosphoric acid groups is 2. The lowest BCUT2D eigenvalue weighted by Crippen LogP contribution is -2.46. The summed E-state index contributed by atoms with van der Waals surface area (Å²) in [5.41, 5.74) is 6.76. The Balaban J connectivity index is 0.000000194. The van der Waals surface area contributed by atoms with Gasteiger partial charge in [-0.05, 0) is 54.4 Å². The first-order valence-corrected chi connectivity index (χ1v) is 23.4. The summed E-state index contributed by atoms with van der Waals surface area (Å²) in [6, 6.07) is 16.1. The van der Waals surface area contributed by atoms with Crippen LogP contribution in [0.1, 0.15) is 76.3 Å². The maximum Gasteiger partial charge on any atom is 0.475 e. The smallest absolute Gasteiger partial charge is 0.387 e. The Hall–Kier alpha value is -3.99. The predicted molar refractivity (Wildman–Crippen MR) is 217 cm³/mol. The first kappa shape index (κ1) is 48.9. The summed E-state index contributed by atoms with van der Waals surface area (Å²) in [5, 5.41) is 42.1. The normalized spacial score (nSPS) is 32.4. The highest BCUT2D eigenvalue weighted by molar-refractivity contribution is 7.48. The molecule has 0 spiro atoms. The van der Waals surface area contributed by atoms with Crippen molar-refractivity contribution in [2.75, 3.05) is 26.4 Å². The van der Waals surface area contributed by atoms with Crippen LogP contribution < -0.4 is 14.9 Å². The number of ketones is 1. The summed E-state index contributed by atoms with van der Waals surface area (Å²) in [6.45, 7) is 0.675. The third-order valence-corrected chi connectivity index (χ3v) is 13.8. The molecule has 0 radical (unpaired) electrons. The molecule has 6 heterocycles. The molecule has 4 saturated heterocycles. The third-order valence-electron chi connectivity index (χ3n) is 10.6. The van der Waals surface area contributed by atoms with E-state index in [9.17, 15) is 47.9 Å². The molecule has 4 aliphatic heterocycles.